The third kappa shape index (κ3) is 6.28. The van der Waals surface area contributed by atoms with Crippen molar-refractivity contribution in [2.75, 3.05) is 24.6 Å². The fourth-order valence-electron chi connectivity index (χ4n) is 7.39. The molecule has 0 radical (unpaired) electrons. The first-order chi connectivity index (χ1) is 21.7. The lowest BCUT2D eigenvalue weighted by Crippen LogP contribution is -2.57. The van der Waals surface area contributed by atoms with E-state index in [1.165, 1.54) is 25.0 Å². The zero-order chi connectivity index (χ0) is 33.5. The van der Waals surface area contributed by atoms with E-state index in [-0.39, 0.29) is 22.8 Å². The van der Waals surface area contributed by atoms with Gasteiger partial charge in [-0.2, -0.15) is 5.26 Å². The third-order valence-corrected chi connectivity index (χ3v) is 12.4. The number of amides is 1. The number of carbonyl (C=O) groups excluding carboxylic acids is 1. The number of sulfonamides is 1. The highest BCUT2D eigenvalue weighted by Crippen LogP contribution is 2.52. The third-order valence-electron chi connectivity index (χ3n) is 10.5. The minimum Gasteiger partial charge on any atom is -0.490 e. The number of aryl methyl sites for hydroxylation is 1. The first-order valence-corrected chi connectivity index (χ1v) is 18.3. The van der Waals surface area contributed by atoms with Gasteiger partial charge in [-0.05, 0) is 120 Å². The molecule has 0 saturated heterocycles. The van der Waals surface area contributed by atoms with Crippen molar-refractivity contribution in [2.45, 2.75) is 89.4 Å². The van der Waals surface area contributed by atoms with Gasteiger partial charge in [-0.3, -0.25) is 4.79 Å². The van der Waals surface area contributed by atoms with Crippen molar-refractivity contribution in [1.29, 1.82) is 5.26 Å². The molecule has 10 heteroatoms. The molecule has 2 N–H and O–H groups in total. The number of allylic oxidation sites excluding steroid dienone is 1. The molecule has 3 aliphatic rings. The average Bonchev–Trinajstić information content (AvgIpc) is 3.14. The number of nitrogens with zero attached hydrogens (tertiary/aromatic N) is 2. The smallest absolute Gasteiger partial charge is 0.264 e. The van der Waals surface area contributed by atoms with E-state index in [0.717, 1.165) is 38.5 Å². The predicted molar refractivity (Wildman–Crippen MR) is 182 cm³/mol. The molecular formula is C36H46ClN3O5S. The van der Waals surface area contributed by atoms with E-state index >= 15 is 0 Å². The fourth-order valence-corrected chi connectivity index (χ4v) is 8.20. The van der Waals surface area contributed by atoms with Gasteiger partial charge in [-0.1, -0.05) is 36.7 Å². The highest BCUT2D eigenvalue weighted by atomic mass is 35.5. The molecule has 5 rings (SSSR count). The SMILES string of the molecule is CC/C=C/[C@@](O)([C@@H]1CC[C@H]1CN1C[C@@]2(CCCc3cc(Cl)ccc32)COc2ccc(C(=O)NS(=O)(=O)C(C)C)cc21)C(C)(C)C#N. The molecule has 1 amide bonds. The van der Waals surface area contributed by atoms with Crippen LogP contribution >= 0.6 is 11.6 Å². The minimum absolute atomic E-state index is 0.0641. The maximum atomic E-state index is 13.2. The van der Waals surface area contributed by atoms with Gasteiger partial charge in [0.1, 0.15) is 11.4 Å². The number of anilines is 1. The van der Waals surface area contributed by atoms with Crippen molar-refractivity contribution in [3.05, 3.63) is 70.3 Å². The average molecular weight is 668 g/mol. The molecule has 2 aliphatic carbocycles. The highest BCUT2D eigenvalue weighted by molar-refractivity contribution is 7.90. The Balaban J connectivity index is 1.56. The molecule has 248 valence electrons. The van der Waals surface area contributed by atoms with Crippen LogP contribution < -0.4 is 14.4 Å². The van der Waals surface area contributed by atoms with Crippen molar-refractivity contribution in [3.8, 4) is 11.8 Å². The van der Waals surface area contributed by atoms with Crippen LogP contribution in [-0.2, 0) is 21.9 Å². The summed E-state index contributed by atoms with van der Waals surface area (Å²) in [7, 11) is -3.82. The lowest BCUT2D eigenvalue weighted by Gasteiger charge is -2.52. The van der Waals surface area contributed by atoms with E-state index in [1.807, 2.05) is 31.2 Å². The van der Waals surface area contributed by atoms with Gasteiger partial charge in [0, 0.05) is 29.1 Å². The summed E-state index contributed by atoms with van der Waals surface area (Å²) in [6.07, 6.45) is 9.01. The number of carbonyl (C=O) groups is 1. The second kappa shape index (κ2) is 12.9. The summed E-state index contributed by atoms with van der Waals surface area (Å²) in [6.45, 7) is 10.3. The van der Waals surface area contributed by atoms with Gasteiger partial charge in [-0.15, -0.1) is 0 Å². The van der Waals surface area contributed by atoms with Crippen molar-refractivity contribution < 1.29 is 23.1 Å². The molecule has 0 aromatic heterocycles. The minimum atomic E-state index is -3.82. The van der Waals surface area contributed by atoms with Crippen molar-refractivity contribution in [3.63, 3.8) is 0 Å². The molecular weight excluding hydrogens is 622 g/mol. The van der Waals surface area contributed by atoms with Crippen molar-refractivity contribution >= 4 is 33.2 Å². The Kier molecular flexibility index (Phi) is 9.58. The Hall–Kier alpha value is -3.06. The van der Waals surface area contributed by atoms with E-state index in [4.69, 9.17) is 16.3 Å². The molecule has 1 saturated carbocycles. The fraction of sp³-hybridized carbons (Fsp3) is 0.556. The Morgan fingerprint density at radius 1 is 1.26 bits per heavy atom. The highest BCUT2D eigenvalue weighted by Gasteiger charge is 2.54. The Morgan fingerprint density at radius 3 is 2.67 bits per heavy atom. The van der Waals surface area contributed by atoms with Crippen LogP contribution in [0.4, 0.5) is 5.69 Å². The van der Waals surface area contributed by atoms with Crippen molar-refractivity contribution in [1.82, 2.24) is 4.72 Å². The second-order valence-electron chi connectivity index (χ2n) is 14.1. The summed E-state index contributed by atoms with van der Waals surface area (Å²) < 4.78 is 33.8. The van der Waals surface area contributed by atoms with Crippen LogP contribution in [0, 0.1) is 28.6 Å². The number of nitrogens with one attached hydrogen (secondary N) is 1. The van der Waals surface area contributed by atoms with Crippen molar-refractivity contribution in [2.24, 2.45) is 17.3 Å². The molecule has 4 atom stereocenters. The number of fused-ring (bicyclic) bond motifs is 3. The van der Waals surface area contributed by atoms with E-state index in [1.54, 1.807) is 32.0 Å². The Labute approximate surface area is 278 Å². The molecule has 0 bridgehead atoms. The maximum absolute atomic E-state index is 13.2. The number of rotatable bonds is 9. The summed E-state index contributed by atoms with van der Waals surface area (Å²) in [5, 5.41) is 22.2. The number of nitriles is 1. The zero-order valence-electron chi connectivity index (χ0n) is 27.5. The summed E-state index contributed by atoms with van der Waals surface area (Å²) in [5.74, 6) is -0.150. The van der Waals surface area contributed by atoms with Crippen LogP contribution in [0.5, 0.6) is 5.75 Å². The van der Waals surface area contributed by atoms with E-state index < -0.39 is 32.2 Å². The molecule has 1 heterocycles. The Morgan fingerprint density at radius 2 is 2.02 bits per heavy atom. The summed E-state index contributed by atoms with van der Waals surface area (Å²) >= 11 is 6.41. The van der Waals surface area contributed by atoms with Gasteiger partial charge in [0.15, 0.2) is 0 Å². The summed E-state index contributed by atoms with van der Waals surface area (Å²) in [5.41, 5.74) is 0.697. The van der Waals surface area contributed by atoms with Crippen LogP contribution in [0.2, 0.25) is 5.02 Å². The largest absolute Gasteiger partial charge is 0.490 e. The van der Waals surface area contributed by atoms with Gasteiger partial charge < -0.3 is 14.7 Å². The normalized spacial score (nSPS) is 24.3. The van der Waals surface area contributed by atoms with Gasteiger partial charge >= 0.3 is 0 Å². The van der Waals surface area contributed by atoms with E-state index in [2.05, 4.69) is 21.8 Å². The number of hydrogen-bond donors (Lipinski definition) is 2. The van der Waals surface area contributed by atoms with Gasteiger partial charge in [0.05, 0.1) is 29.0 Å². The molecule has 1 fully saturated rings. The predicted octanol–water partition coefficient (Wildman–Crippen LogP) is 6.55. The molecule has 8 nitrogen and oxygen atoms in total. The lowest BCUT2D eigenvalue weighted by molar-refractivity contribution is -0.0994. The number of benzene rings is 2. The Bertz CT molecular complexity index is 1670. The molecule has 1 spiro atoms. The van der Waals surface area contributed by atoms with Crippen LogP contribution in [-0.4, -0.2) is 50.0 Å². The molecule has 2 aromatic carbocycles. The lowest BCUT2D eigenvalue weighted by atomic mass is 9.56. The number of aliphatic hydroxyl groups is 1. The van der Waals surface area contributed by atoms with Gasteiger partial charge in [-0.25, -0.2) is 13.1 Å². The molecule has 0 unspecified atom stereocenters. The number of hydrogen-bond acceptors (Lipinski definition) is 7. The van der Waals surface area contributed by atoms with Crippen LogP contribution in [0.3, 0.4) is 0 Å². The van der Waals surface area contributed by atoms with E-state index in [9.17, 15) is 23.6 Å². The number of halogens is 1. The molecule has 46 heavy (non-hydrogen) atoms. The topological polar surface area (TPSA) is 120 Å². The van der Waals surface area contributed by atoms with Crippen LogP contribution in [0.1, 0.15) is 88.2 Å². The zero-order valence-corrected chi connectivity index (χ0v) is 29.0. The van der Waals surface area contributed by atoms with Gasteiger partial charge in [0.25, 0.3) is 5.91 Å². The molecule has 2 aromatic rings. The maximum Gasteiger partial charge on any atom is 0.264 e. The first kappa shape index (κ1) is 34.3. The first-order valence-electron chi connectivity index (χ1n) is 16.3. The standard InChI is InChI=1S/C36H46ClN3O5S/c1-6-7-17-36(42,34(4,5)21-38)30-13-10-27(30)20-40-22-35(16-8-9-25-18-28(37)12-14-29(25)35)23-45-32-15-11-26(19-31(32)40)33(41)39-46(43,44)24(2)3/h7,11-12,14-15,17-19,24,27,30,42H,6,8-10,13,16,20,22-23H2,1-5H3,(H,39,41)/b17-7+/t27-,30+,35-,36+/m0/s1. The summed E-state index contributed by atoms with van der Waals surface area (Å²) in [4.78, 5) is 15.5. The number of ether oxygens (including phenoxy) is 1. The second-order valence-corrected chi connectivity index (χ2v) is 16.8. The quantitative estimate of drug-likeness (QED) is 0.291. The van der Waals surface area contributed by atoms with Gasteiger partial charge in [0.2, 0.25) is 10.0 Å². The molecule has 1 aliphatic heterocycles. The monoisotopic (exact) mass is 667 g/mol. The van der Waals surface area contributed by atoms with E-state index in [0.29, 0.717) is 36.2 Å². The summed E-state index contributed by atoms with van der Waals surface area (Å²) in [6, 6.07) is 13.5. The van der Waals surface area contributed by atoms with Crippen LogP contribution in [0.15, 0.2) is 48.6 Å². The van der Waals surface area contributed by atoms with Crippen LogP contribution in [0.25, 0.3) is 0 Å².